The van der Waals surface area contributed by atoms with E-state index in [-0.39, 0.29) is 31.5 Å². The molecule has 1 fully saturated rings. The number of nitrogens with one attached hydrogen (secondary N) is 4. The number of piperazine rings is 1. The number of amides is 2. The maximum atomic E-state index is 13.4. The van der Waals surface area contributed by atoms with E-state index in [1.165, 1.54) is 11.9 Å². The molecular formula is C36H42N8O4. The average molecular weight is 651 g/mol. The van der Waals surface area contributed by atoms with E-state index in [4.69, 9.17) is 9.47 Å². The summed E-state index contributed by atoms with van der Waals surface area (Å²) in [6.07, 6.45) is 2.66. The third-order valence-corrected chi connectivity index (χ3v) is 8.42. The number of hydrogen-bond donors (Lipinski definition) is 4. The first-order valence-electron chi connectivity index (χ1n) is 16.3. The molecule has 1 atom stereocenters. The predicted molar refractivity (Wildman–Crippen MR) is 185 cm³/mol. The van der Waals surface area contributed by atoms with Gasteiger partial charge in [-0.2, -0.15) is 0 Å². The van der Waals surface area contributed by atoms with Crippen LogP contribution >= 0.6 is 0 Å². The van der Waals surface area contributed by atoms with Crippen molar-refractivity contribution in [2.24, 2.45) is 0 Å². The second kappa shape index (κ2) is 16.1. The van der Waals surface area contributed by atoms with Gasteiger partial charge in [0.15, 0.2) is 11.5 Å². The first-order chi connectivity index (χ1) is 23.5. The lowest BCUT2D eigenvalue weighted by Crippen LogP contribution is -2.53. The highest BCUT2D eigenvalue weighted by molar-refractivity contribution is 5.88. The summed E-state index contributed by atoms with van der Waals surface area (Å²) in [6.45, 7) is 4.72. The molecule has 12 nitrogen and oxygen atoms in total. The Bertz CT molecular complexity index is 1680. The minimum absolute atomic E-state index is 0.155. The number of methoxy groups -OCH3 is 1. The summed E-state index contributed by atoms with van der Waals surface area (Å²) in [7, 11) is 1.58. The zero-order valence-electron chi connectivity index (χ0n) is 27.2. The van der Waals surface area contributed by atoms with Crippen molar-refractivity contribution in [2.45, 2.75) is 25.4 Å². The third kappa shape index (κ3) is 9.20. The molecule has 3 aliphatic rings. The number of anilines is 4. The zero-order valence-corrected chi connectivity index (χ0v) is 27.2. The van der Waals surface area contributed by atoms with Crippen LogP contribution in [0.25, 0.3) is 0 Å². The number of carbonyl (C=O) groups excluding carboxylic acids is 2. The molecule has 48 heavy (non-hydrogen) atoms. The zero-order chi connectivity index (χ0) is 33.1. The standard InChI is InChI=1S/C36H42N8O4/c1-47-31-13-11-29-21-32(31)48-19-14-37-36(46)30(12-10-26-6-3-2-4-7-26)42-35(45)24-44-17-15-43(16-18-44)23-27-8-5-9-28(20-27)40-33-22-34(41-29)39-25-38-33/h2-9,11,13,20-22,25,30H,10,12,14-19,23-24H2,1H3,(H,37,46)(H,42,45)(H2,38,39,40,41). The smallest absolute Gasteiger partial charge is 0.242 e. The van der Waals surface area contributed by atoms with Gasteiger partial charge in [-0.05, 0) is 48.2 Å². The van der Waals surface area contributed by atoms with Crippen LogP contribution < -0.4 is 30.7 Å². The Morgan fingerprint density at radius 1 is 0.833 bits per heavy atom. The Kier molecular flexibility index (Phi) is 11.0. The number of carbonyl (C=O) groups is 2. The second-order valence-corrected chi connectivity index (χ2v) is 11.9. The molecule has 1 unspecified atom stereocenters. The molecule has 8 bridgehead atoms. The SMILES string of the molecule is COc1ccc2cc1OCCNC(=O)C(CCc1ccccc1)NC(=O)CN1CCN(CC1)Cc1cccc(c1)Nc1cc(ncn1)N2. The molecular weight excluding hydrogens is 608 g/mol. The van der Waals surface area contributed by atoms with Gasteiger partial charge in [0, 0.05) is 56.2 Å². The maximum Gasteiger partial charge on any atom is 0.242 e. The van der Waals surface area contributed by atoms with Crippen LogP contribution in [0.2, 0.25) is 0 Å². The summed E-state index contributed by atoms with van der Waals surface area (Å²) >= 11 is 0. The lowest BCUT2D eigenvalue weighted by molar-refractivity contribution is -0.130. The largest absolute Gasteiger partial charge is 0.493 e. The van der Waals surface area contributed by atoms with Crippen LogP contribution in [0.5, 0.6) is 11.5 Å². The average Bonchev–Trinajstić information content (AvgIpc) is 3.10. The van der Waals surface area contributed by atoms with Crippen molar-refractivity contribution in [3.8, 4) is 11.5 Å². The Morgan fingerprint density at radius 3 is 2.31 bits per heavy atom. The minimum Gasteiger partial charge on any atom is -0.493 e. The summed E-state index contributed by atoms with van der Waals surface area (Å²) in [6, 6.07) is 25.0. The highest BCUT2D eigenvalue weighted by atomic mass is 16.5. The van der Waals surface area contributed by atoms with Crippen LogP contribution in [0.3, 0.4) is 0 Å². The molecule has 0 radical (unpaired) electrons. The Balaban J connectivity index is 1.20. The molecule has 4 aromatic rings. The van der Waals surface area contributed by atoms with Gasteiger partial charge in [0.25, 0.3) is 0 Å². The maximum absolute atomic E-state index is 13.4. The molecule has 0 saturated carbocycles. The number of benzene rings is 3. The number of aryl methyl sites for hydroxylation is 1. The first kappa shape index (κ1) is 32.7. The van der Waals surface area contributed by atoms with Gasteiger partial charge >= 0.3 is 0 Å². The van der Waals surface area contributed by atoms with Gasteiger partial charge in [-0.25, -0.2) is 9.97 Å². The predicted octanol–water partition coefficient (Wildman–Crippen LogP) is 3.72. The number of aromatic nitrogens is 2. The fourth-order valence-corrected chi connectivity index (χ4v) is 5.89. The molecule has 1 saturated heterocycles. The van der Waals surface area contributed by atoms with Gasteiger partial charge in [0.1, 0.15) is 30.6 Å². The normalized spacial score (nSPS) is 20.4. The van der Waals surface area contributed by atoms with E-state index >= 15 is 0 Å². The van der Waals surface area contributed by atoms with Crippen molar-refractivity contribution < 1.29 is 19.1 Å². The van der Waals surface area contributed by atoms with Crippen LogP contribution in [-0.4, -0.2) is 90.6 Å². The van der Waals surface area contributed by atoms with E-state index in [9.17, 15) is 9.59 Å². The van der Waals surface area contributed by atoms with Crippen LogP contribution in [0, 0.1) is 0 Å². The van der Waals surface area contributed by atoms with E-state index < -0.39 is 6.04 Å². The van der Waals surface area contributed by atoms with Gasteiger partial charge in [-0.15, -0.1) is 0 Å². The summed E-state index contributed by atoms with van der Waals surface area (Å²) in [5.41, 5.74) is 3.97. The van der Waals surface area contributed by atoms with E-state index in [0.29, 0.717) is 36.0 Å². The fourth-order valence-electron chi connectivity index (χ4n) is 5.89. The van der Waals surface area contributed by atoms with E-state index in [1.807, 2.05) is 66.7 Å². The van der Waals surface area contributed by atoms with Crippen molar-refractivity contribution in [1.82, 2.24) is 30.4 Å². The summed E-state index contributed by atoms with van der Waals surface area (Å²) < 4.78 is 11.6. The molecule has 250 valence electrons. The molecule has 12 heteroatoms. The molecule has 3 aliphatic heterocycles. The van der Waals surface area contributed by atoms with E-state index in [0.717, 1.165) is 49.7 Å². The molecule has 0 spiro atoms. The van der Waals surface area contributed by atoms with Crippen molar-refractivity contribution in [1.29, 1.82) is 0 Å². The van der Waals surface area contributed by atoms with Gasteiger partial charge in [-0.3, -0.25) is 19.4 Å². The molecule has 7 rings (SSSR count). The summed E-state index contributed by atoms with van der Waals surface area (Å²) in [5.74, 6) is 1.95. The van der Waals surface area contributed by atoms with Crippen LogP contribution in [0.1, 0.15) is 17.5 Å². The quantitative estimate of drug-likeness (QED) is 0.242. The summed E-state index contributed by atoms with van der Waals surface area (Å²) in [4.78, 5) is 39.9. The van der Waals surface area contributed by atoms with Crippen LogP contribution in [0.4, 0.5) is 23.0 Å². The topological polar surface area (TPSA) is 133 Å². The molecule has 1 aromatic heterocycles. The van der Waals surface area contributed by atoms with Gasteiger partial charge in [0.2, 0.25) is 11.8 Å². The summed E-state index contributed by atoms with van der Waals surface area (Å²) in [5, 5.41) is 12.7. The second-order valence-electron chi connectivity index (χ2n) is 11.9. The lowest BCUT2D eigenvalue weighted by atomic mass is 10.0. The molecule has 4 N–H and O–H groups in total. The Labute approximate surface area is 280 Å². The first-order valence-corrected chi connectivity index (χ1v) is 16.3. The van der Waals surface area contributed by atoms with Gasteiger partial charge in [-0.1, -0.05) is 42.5 Å². The Morgan fingerprint density at radius 2 is 1.56 bits per heavy atom. The molecule has 2 amide bonds. The third-order valence-electron chi connectivity index (χ3n) is 8.42. The van der Waals surface area contributed by atoms with Gasteiger partial charge < -0.3 is 30.7 Å². The number of hydrogen-bond acceptors (Lipinski definition) is 10. The molecule has 4 heterocycles. The van der Waals surface area contributed by atoms with Crippen molar-refractivity contribution in [2.75, 3.05) is 63.6 Å². The van der Waals surface area contributed by atoms with Crippen molar-refractivity contribution in [3.63, 3.8) is 0 Å². The fraction of sp³-hybridized carbons (Fsp3) is 0.333. The highest BCUT2D eigenvalue weighted by Crippen LogP contribution is 2.31. The Hall–Kier alpha value is -5.20. The van der Waals surface area contributed by atoms with Crippen molar-refractivity contribution in [3.05, 3.63) is 96.3 Å². The van der Waals surface area contributed by atoms with E-state index in [2.05, 4.69) is 53.2 Å². The van der Waals surface area contributed by atoms with Crippen LogP contribution in [-0.2, 0) is 22.6 Å². The van der Waals surface area contributed by atoms with Crippen LogP contribution in [0.15, 0.2) is 85.2 Å². The van der Waals surface area contributed by atoms with Crippen molar-refractivity contribution >= 4 is 34.8 Å². The number of nitrogens with zero attached hydrogens (tertiary/aromatic N) is 4. The number of fused-ring (bicyclic) bond motifs is 10. The number of ether oxygens (including phenoxy) is 2. The minimum atomic E-state index is -0.672. The lowest BCUT2D eigenvalue weighted by Gasteiger charge is -2.34. The monoisotopic (exact) mass is 650 g/mol. The number of rotatable bonds is 4. The van der Waals surface area contributed by atoms with E-state index in [1.54, 1.807) is 7.11 Å². The highest BCUT2D eigenvalue weighted by Gasteiger charge is 2.24. The molecule has 0 aliphatic carbocycles. The molecule has 3 aromatic carbocycles. The van der Waals surface area contributed by atoms with Gasteiger partial charge in [0.05, 0.1) is 20.2 Å².